The molecule has 0 heterocycles. The van der Waals surface area contributed by atoms with E-state index >= 15 is 0 Å². The third-order valence-corrected chi connectivity index (χ3v) is 10.6. The summed E-state index contributed by atoms with van der Waals surface area (Å²) in [6, 6.07) is -2.11. The lowest BCUT2D eigenvalue weighted by Crippen LogP contribution is -2.50. The Bertz CT molecular complexity index is 1300. The number of hydrogen-bond acceptors (Lipinski definition) is 11. The SMILES string of the molecule is CCCCCCCC/C=C\CCCCCCCC(=O)OC[C@H](COC(=O)CCC(=O)C(C(=O)O)N(CC(=O)O)CC(=O)O)OC(=O)CCCCCCC/C=C\CCCCCCCC. The zero-order valence-corrected chi connectivity index (χ0v) is 38.9. The van der Waals surface area contributed by atoms with E-state index in [9.17, 15) is 38.7 Å². The van der Waals surface area contributed by atoms with Gasteiger partial charge in [-0.1, -0.05) is 141 Å². The number of carboxylic acid groups (broad SMARTS) is 3. The summed E-state index contributed by atoms with van der Waals surface area (Å²) in [6.45, 7) is 1.55. The molecule has 0 rings (SSSR count). The van der Waals surface area contributed by atoms with Crippen LogP contribution < -0.4 is 0 Å². The maximum Gasteiger partial charge on any atom is 0.328 e. The Hall–Kier alpha value is -4.07. The van der Waals surface area contributed by atoms with Gasteiger partial charge in [-0.3, -0.25) is 38.5 Å². The number of carbonyl (C=O) groups is 7. The number of nitrogens with zero attached hydrogens (tertiary/aromatic N) is 1. The molecule has 362 valence electrons. The molecule has 14 nitrogen and oxygen atoms in total. The monoisotopic (exact) mass is 894 g/mol. The highest BCUT2D eigenvalue weighted by atomic mass is 16.6. The lowest BCUT2D eigenvalue weighted by Gasteiger charge is -2.24. The van der Waals surface area contributed by atoms with Crippen molar-refractivity contribution in [2.24, 2.45) is 0 Å². The summed E-state index contributed by atoms with van der Waals surface area (Å²) in [5.74, 6) is -7.91. The highest BCUT2D eigenvalue weighted by Gasteiger charge is 2.35. The van der Waals surface area contributed by atoms with Crippen LogP contribution in [0.3, 0.4) is 0 Å². The Morgan fingerprint density at radius 3 is 1.17 bits per heavy atom. The number of allylic oxidation sites excluding steroid dienone is 4. The second kappa shape index (κ2) is 41.9. The van der Waals surface area contributed by atoms with E-state index in [1.165, 1.54) is 77.0 Å². The second-order valence-corrected chi connectivity index (χ2v) is 16.5. The molecule has 0 fully saturated rings. The lowest BCUT2D eigenvalue weighted by molar-refractivity contribution is -0.167. The van der Waals surface area contributed by atoms with Gasteiger partial charge in [-0.2, -0.15) is 0 Å². The summed E-state index contributed by atoms with van der Waals surface area (Å²) < 4.78 is 16.1. The molecule has 0 saturated carbocycles. The third kappa shape index (κ3) is 38.1. The van der Waals surface area contributed by atoms with Gasteiger partial charge in [-0.15, -0.1) is 0 Å². The average molecular weight is 894 g/mol. The van der Waals surface area contributed by atoms with Crippen LogP contribution in [0.4, 0.5) is 0 Å². The smallest absolute Gasteiger partial charge is 0.328 e. The molecule has 0 aliphatic rings. The molecule has 0 saturated heterocycles. The molecular weight excluding hydrogens is 811 g/mol. The first-order chi connectivity index (χ1) is 30.4. The summed E-state index contributed by atoms with van der Waals surface area (Å²) in [7, 11) is 0. The van der Waals surface area contributed by atoms with Crippen LogP contribution in [0.15, 0.2) is 24.3 Å². The van der Waals surface area contributed by atoms with Crippen LogP contribution in [0.2, 0.25) is 0 Å². The molecule has 0 aromatic carbocycles. The lowest BCUT2D eigenvalue weighted by atomic mass is 10.1. The zero-order chi connectivity index (χ0) is 46.8. The van der Waals surface area contributed by atoms with Gasteiger partial charge in [0.1, 0.15) is 13.2 Å². The minimum absolute atomic E-state index is 0.125. The van der Waals surface area contributed by atoms with E-state index in [1.807, 2.05) is 0 Å². The van der Waals surface area contributed by atoms with Crippen LogP contribution in [0.5, 0.6) is 0 Å². The van der Waals surface area contributed by atoms with Gasteiger partial charge in [0, 0.05) is 19.3 Å². The number of carboxylic acids is 3. The predicted molar refractivity (Wildman–Crippen MR) is 243 cm³/mol. The molecule has 0 radical (unpaired) electrons. The second-order valence-electron chi connectivity index (χ2n) is 16.5. The molecule has 1 unspecified atom stereocenters. The fourth-order valence-corrected chi connectivity index (χ4v) is 7.00. The number of ether oxygens (including phenoxy) is 3. The van der Waals surface area contributed by atoms with Crippen molar-refractivity contribution in [1.82, 2.24) is 4.90 Å². The molecule has 0 aliphatic carbocycles. The summed E-state index contributed by atoms with van der Waals surface area (Å²) in [5, 5.41) is 27.7. The van der Waals surface area contributed by atoms with Crippen LogP contribution in [-0.4, -0.2) is 100 Å². The topological polar surface area (TPSA) is 211 Å². The van der Waals surface area contributed by atoms with Crippen molar-refractivity contribution in [2.75, 3.05) is 26.3 Å². The predicted octanol–water partition coefficient (Wildman–Crippen LogP) is 10.3. The zero-order valence-electron chi connectivity index (χ0n) is 38.9. The average Bonchev–Trinajstić information content (AvgIpc) is 3.23. The van der Waals surface area contributed by atoms with Gasteiger partial charge in [0.15, 0.2) is 17.9 Å². The maximum absolute atomic E-state index is 12.8. The molecule has 0 bridgehead atoms. The number of hydrogen-bond donors (Lipinski definition) is 3. The Morgan fingerprint density at radius 1 is 0.444 bits per heavy atom. The highest BCUT2D eigenvalue weighted by Crippen LogP contribution is 2.14. The van der Waals surface area contributed by atoms with Crippen LogP contribution >= 0.6 is 0 Å². The molecule has 3 N–H and O–H groups in total. The molecule has 0 spiro atoms. The molecule has 0 aromatic rings. The maximum atomic E-state index is 12.8. The number of Topliss-reactive ketones (excluding diaryl/α,β-unsaturated/α-hetero) is 1. The normalized spacial score (nSPS) is 12.4. The number of esters is 3. The van der Waals surface area contributed by atoms with Crippen molar-refractivity contribution in [1.29, 1.82) is 0 Å². The van der Waals surface area contributed by atoms with E-state index in [0.717, 1.165) is 77.0 Å². The van der Waals surface area contributed by atoms with Crippen molar-refractivity contribution < 1.29 is 63.1 Å². The fourth-order valence-electron chi connectivity index (χ4n) is 7.00. The Labute approximate surface area is 377 Å². The standard InChI is InChI=1S/C49H83NO13/c1-3-5-7-9-11-13-15-17-19-21-23-25-27-29-31-33-45(56)61-39-41(63-47(58)34-32-30-28-26-24-22-20-18-16-14-12-10-8-6-4-2)40-62-46(57)36-35-42(51)48(49(59)60)50(37-43(52)53)38-44(54)55/h17-20,41,48H,3-16,21-40H2,1-2H3,(H,52,53)(H,54,55)(H,59,60)/b19-17-,20-18-/t41-,48?/m1/s1. The Morgan fingerprint density at radius 2 is 0.794 bits per heavy atom. The van der Waals surface area contributed by atoms with Gasteiger partial charge < -0.3 is 29.5 Å². The number of ketones is 1. The quantitative estimate of drug-likeness (QED) is 0.0171. The van der Waals surface area contributed by atoms with Gasteiger partial charge in [0.25, 0.3) is 0 Å². The van der Waals surface area contributed by atoms with Crippen molar-refractivity contribution in [3.05, 3.63) is 24.3 Å². The van der Waals surface area contributed by atoms with Crippen LogP contribution in [0, 0.1) is 0 Å². The molecule has 0 amide bonds. The number of aliphatic carboxylic acids is 3. The number of rotatable bonds is 45. The van der Waals surface area contributed by atoms with E-state index in [-0.39, 0.29) is 19.4 Å². The van der Waals surface area contributed by atoms with E-state index in [4.69, 9.17) is 24.4 Å². The Kier molecular flexibility index (Phi) is 39.2. The van der Waals surface area contributed by atoms with Crippen molar-refractivity contribution in [3.8, 4) is 0 Å². The summed E-state index contributed by atoms with van der Waals surface area (Å²) in [6.07, 6.45) is 36.1. The van der Waals surface area contributed by atoms with Gasteiger partial charge >= 0.3 is 35.8 Å². The minimum Gasteiger partial charge on any atom is -0.480 e. The van der Waals surface area contributed by atoms with Gasteiger partial charge in [0.05, 0.1) is 19.5 Å². The third-order valence-electron chi connectivity index (χ3n) is 10.6. The van der Waals surface area contributed by atoms with Crippen LogP contribution in [-0.2, 0) is 47.8 Å². The van der Waals surface area contributed by atoms with Crippen LogP contribution in [0.1, 0.15) is 206 Å². The van der Waals surface area contributed by atoms with E-state index < -0.39 is 86.3 Å². The highest BCUT2D eigenvalue weighted by molar-refractivity contribution is 6.03. The molecule has 63 heavy (non-hydrogen) atoms. The summed E-state index contributed by atoms with van der Waals surface area (Å²) in [5.41, 5.74) is 0. The molecule has 0 aliphatic heterocycles. The van der Waals surface area contributed by atoms with Gasteiger partial charge in [-0.25, -0.2) is 0 Å². The first-order valence-electron chi connectivity index (χ1n) is 24.1. The summed E-state index contributed by atoms with van der Waals surface area (Å²) in [4.78, 5) is 85.3. The molecule has 2 atom stereocenters. The van der Waals surface area contributed by atoms with E-state index in [1.54, 1.807) is 0 Å². The van der Waals surface area contributed by atoms with Gasteiger partial charge in [-0.05, 0) is 64.2 Å². The first-order valence-corrected chi connectivity index (χ1v) is 24.1. The first kappa shape index (κ1) is 58.9. The van der Waals surface area contributed by atoms with E-state index in [2.05, 4.69) is 38.2 Å². The Balaban J connectivity index is 4.86. The van der Waals surface area contributed by atoms with Crippen molar-refractivity contribution in [3.63, 3.8) is 0 Å². The molecule has 14 heteroatoms. The minimum atomic E-state index is -2.11. The number of unbranched alkanes of at least 4 members (excludes halogenated alkanes) is 22. The van der Waals surface area contributed by atoms with Gasteiger partial charge in [0.2, 0.25) is 0 Å². The van der Waals surface area contributed by atoms with Crippen LogP contribution in [0.25, 0.3) is 0 Å². The largest absolute Gasteiger partial charge is 0.480 e. The summed E-state index contributed by atoms with van der Waals surface area (Å²) >= 11 is 0. The number of carbonyl (C=O) groups excluding carboxylic acids is 4. The molecule has 0 aromatic heterocycles. The molecular formula is C49H83NO13. The fraction of sp³-hybridized carbons (Fsp3) is 0.776. The van der Waals surface area contributed by atoms with Crippen molar-refractivity contribution >= 4 is 41.6 Å². The van der Waals surface area contributed by atoms with Crippen molar-refractivity contribution in [2.45, 2.75) is 219 Å². The van der Waals surface area contributed by atoms with E-state index in [0.29, 0.717) is 17.7 Å².